The van der Waals surface area contributed by atoms with Gasteiger partial charge in [-0.3, -0.25) is 0 Å². The summed E-state index contributed by atoms with van der Waals surface area (Å²) in [4.78, 5) is 10.7. The van der Waals surface area contributed by atoms with Crippen molar-refractivity contribution in [2.45, 2.75) is 70.8 Å². The summed E-state index contributed by atoms with van der Waals surface area (Å²) in [5, 5.41) is 0. The van der Waals surface area contributed by atoms with E-state index in [1.54, 1.807) is 6.92 Å². The van der Waals surface area contributed by atoms with Gasteiger partial charge in [0.2, 0.25) is 0 Å². The fourth-order valence-electron chi connectivity index (χ4n) is 2.13. The van der Waals surface area contributed by atoms with Gasteiger partial charge in [-0.05, 0) is 32.6 Å². The van der Waals surface area contributed by atoms with Gasteiger partial charge in [0.1, 0.15) is 5.78 Å². The lowest BCUT2D eigenvalue weighted by Gasteiger charge is -2.21. The molecule has 1 saturated carbocycles. The molecule has 1 rings (SSSR count). The van der Waals surface area contributed by atoms with Crippen molar-refractivity contribution in [2.75, 3.05) is 6.61 Å². The van der Waals surface area contributed by atoms with E-state index in [1.165, 1.54) is 32.1 Å². The third-order valence-electron chi connectivity index (χ3n) is 3.08. The lowest BCUT2D eigenvalue weighted by Crippen LogP contribution is -2.17. The summed E-state index contributed by atoms with van der Waals surface area (Å²) in [7, 11) is 0. The Hall–Kier alpha value is -0.370. The molecule has 0 heterocycles. The van der Waals surface area contributed by atoms with Crippen LogP contribution < -0.4 is 0 Å². The van der Waals surface area contributed by atoms with Crippen molar-refractivity contribution in [1.82, 2.24) is 0 Å². The van der Waals surface area contributed by atoms with Crippen LogP contribution in [0.2, 0.25) is 0 Å². The summed E-state index contributed by atoms with van der Waals surface area (Å²) in [5.74, 6) is 0.309. The summed E-state index contributed by atoms with van der Waals surface area (Å²) < 4.78 is 5.81. The van der Waals surface area contributed by atoms with Gasteiger partial charge < -0.3 is 9.53 Å². The first kappa shape index (κ1) is 12.7. The molecule has 1 aliphatic carbocycles. The van der Waals surface area contributed by atoms with Crippen LogP contribution in [0.15, 0.2) is 0 Å². The van der Waals surface area contributed by atoms with Crippen LogP contribution in [-0.2, 0) is 9.53 Å². The van der Waals surface area contributed by atoms with E-state index in [9.17, 15) is 4.79 Å². The molecule has 2 heteroatoms. The molecule has 0 atom stereocenters. The highest BCUT2D eigenvalue weighted by Crippen LogP contribution is 2.20. The lowest BCUT2D eigenvalue weighted by molar-refractivity contribution is -0.117. The van der Waals surface area contributed by atoms with Crippen LogP contribution in [0.4, 0.5) is 0 Å². The lowest BCUT2D eigenvalue weighted by atomic mass is 9.98. The smallest absolute Gasteiger partial charge is 0.129 e. The molecule has 0 aliphatic heterocycles. The predicted molar refractivity (Wildman–Crippen MR) is 62.0 cm³/mol. The predicted octanol–water partition coefficient (Wildman–Crippen LogP) is 3.49. The summed E-state index contributed by atoms with van der Waals surface area (Å²) in [6.07, 6.45) is 11.1. The molecule has 0 aromatic rings. The molecule has 0 aromatic heterocycles. The molecule has 0 aromatic carbocycles. The average molecular weight is 212 g/mol. The Kier molecular flexibility index (Phi) is 6.66. The highest BCUT2D eigenvalue weighted by atomic mass is 16.5. The van der Waals surface area contributed by atoms with Crippen molar-refractivity contribution in [3.63, 3.8) is 0 Å². The van der Waals surface area contributed by atoms with E-state index in [0.29, 0.717) is 11.9 Å². The molecule has 0 amide bonds. The number of ketones is 1. The Morgan fingerprint density at radius 3 is 2.53 bits per heavy atom. The Bertz CT molecular complexity index is 171. The minimum Gasteiger partial charge on any atom is -0.378 e. The zero-order valence-corrected chi connectivity index (χ0v) is 9.96. The maximum absolute atomic E-state index is 10.7. The van der Waals surface area contributed by atoms with E-state index in [1.807, 2.05) is 0 Å². The Morgan fingerprint density at radius 2 is 1.87 bits per heavy atom. The first-order valence-corrected chi connectivity index (χ1v) is 6.40. The minimum absolute atomic E-state index is 0.309. The van der Waals surface area contributed by atoms with Crippen LogP contribution >= 0.6 is 0 Å². The second kappa shape index (κ2) is 7.86. The van der Waals surface area contributed by atoms with Gasteiger partial charge in [-0.15, -0.1) is 0 Å². The Morgan fingerprint density at radius 1 is 1.13 bits per heavy atom. The SMILES string of the molecule is CC(=O)CCCCCOC1CCCCC1. The zero-order valence-electron chi connectivity index (χ0n) is 9.96. The Balaban J connectivity index is 1.85. The molecule has 0 N–H and O–H groups in total. The second-order valence-corrected chi connectivity index (χ2v) is 4.64. The van der Waals surface area contributed by atoms with E-state index in [0.717, 1.165) is 32.3 Å². The number of hydrogen-bond acceptors (Lipinski definition) is 2. The summed E-state index contributed by atoms with van der Waals surface area (Å²) in [6, 6.07) is 0. The van der Waals surface area contributed by atoms with Gasteiger partial charge in [0.15, 0.2) is 0 Å². The largest absolute Gasteiger partial charge is 0.378 e. The zero-order chi connectivity index (χ0) is 10.9. The molecule has 1 fully saturated rings. The third-order valence-corrected chi connectivity index (χ3v) is 3.08. The van der Waals surface area contributed by atoms with Gasteiger partial charge >= 0.3 is 0 Å². The second-order valence-electron chi connectivity index (χ2n) is 4.64. The van der Waals surface area contributed by atoms with Gasteiger partial charge in [0.25, 0.3) is 0 Å². The number of rotatable bonds is 7. The van der Waals surface area contributed by atoms with Crippen LogP contribution in [0.5, 0.6) is 0 Å². The molecule has 0 spiro atoms. The molecule has 0 radical (unpaired) electrons. The molecule has 15 heavy (non-hydrogen) atoms. The maximum Gasteiger partial charge on any atom is 0.129 e. The summed E-state index contributed by atoms with van der Waals surface area (Å²) in [5.41, 5.74) is 0. The minimum atomic E-state index is 0.309. The molecular weight excluding hydrogens is 188 g/mol. The molecule has 0 bridgehead atoms. The van der Waals surface area contributed by atoms with Crippen LogP contribution in [0.1, 0.15) is 64.7 Å². The van der Waals surface area contributed by atoms with Gasteiger partial charge in [0, 0.05) is 13.0 Å². The number of Topliss-reactive ketones (excluding diaryl/α,β-unsaturated/α-hetero) is 1. The summed E-state index contributed by atoms with van der Waals surface area (Å²) in [6.45, 7) is 2.56. The monoisotopic (exact) mass is 212 g/mol. The Labute approximate surface area is 93.4 Å². The fourth-order valence-corrected chi connectivity index (χ4v) is 2.13. The van der Waals surface area contributed by atoms with Crippen LogP contribution in [0.3, 0.4) is 0 Å². The number of hydrogen-bond donors (Lipinski definition) is 0. The molecule has 2 nitrogen and oxygen atoms in total. The van der Waals surface area contributed by atoms with E-state index >= 15 is 0 Å². The first-order valence-electron chi connectivity index (χ1n) is 6.40. The van der Waals surface area contributed by atoms with Crippen LogP contribution in [0.25, 0.3) is 0 Å². The van der Waals surface area contributed by atoms with E-state index in [4.69, 9.17) is 4.74 Å². The topological polar surface area (TPSA) is 26.3 Å². The molecule has 88 valence electrons. The van der Waals surface area contributed by atoms with Gasteiger partial charge in [-0.2, -0.15) is 0 Å². The maximum atomic E-state index is 10.7. The quantitative estimate of drug-likeness (QED) is 0.604. The fraction of sp³-hybridized carbons (Fsp3) is 0.923. The van der Waals surface area contributed by atoms with Crippen LogP contribution in [0, 0.1) is 0 Å². The molecular formula is C13H24O2. The third kappa shape index (κ3) is 6.67. The van der Waals surface area contributed by atoms with E-state index < -0.39 is 0 Å². The van der Waals surface area contributed by atoms with Crippen molar-refractivity contribution < 1.29 is 9.53 Å². The van der Waals surface area contributed by atoms with Crippen molar-refractivity contribution in [2.24, 2.45) is 0 Å². The summed E-state index contributed by atoms with van der Waals surface area (Å²) >= 11 is 0. The van der Waals surface area contributed by atoms with Crippen LogP contribution in [-0.4, -0.2) is 18.5 Å². The number of unbranched alkanes of at least 4 members (excludes halogenated alkanes) is 2. The normalized spacial score (nSPS) is 17.9. The van der Waals surface area contributed by atoms with Crippen molar-refractivity contribution in [3.8, 4) is 0 Å². The molecule has 0 unspecified atom stereocenters. The van der Waals surface area contributed by atoms with Gasteiger partial charge in [0.05, 0.1) is 6.10 Å². The van der Waals surface area contributed by atoms with Gasteiger partial charge in [-0.25, -0.2) is 0 Å². The van der Waals surface area contributed by atoms with Crippen molar-refractivity contribution in [3.05, 3.63) is 0 Å². The highest BCUT2D eigenvalue weighted by molar-refractivity contribution is 5.75. The van der Waals surface area contributed by atoms with Gasteiger partial charge in [-0.1, -0.05) is 25.7 Å². The average Bonchev–Trinajstić information content (AvgIpc) is 2.24. The van der Waals surface area contributed by atoms with Crippen molar-refractivity contribution >= 4 is 5.78 Å². The standard InChI is InChI=1S/C13H24O2/c1-12(14)8-4-3-7-11-15-13-9-5-2-6-10-13/h13H,2-11H2,1H3. The number of carbonyl (C=O) groups excluding carboxylic acids is 1. The molecule has 0 saturated heterocycles. The first-order chi connectivity index (χ1) is 7.29. The van der Waals surface area contributed by atoms with Crippen molar-refractivity contribution in [1.29, 1.82) is 0 Å². The highest BCUT2D eigenvalue weighted by Gasteiger charge is 2.12. The van der Waals surface area contributed by atoms with E-state index in [2.05, 4.69) is 0 Å². The number of ether oxygens (including phenoxy) is 1. The number of carbonyl (C=O) groups is 1. The molecule has 1 aliphatic rings. The van der Waals surface area contributed by atoms with E-state index in [-0.39, 0.29) is 0 Å².